The largest absolute Gasteiger partial charge is 0.454 e. The zero-order valence-electron chi connectivity index (χ0n) is 17.4. The van der Waals surface area contributed by atoms with E-state index in [0.29, 0.717) is 19.6 Å². The number of hydrogen-bond acceptors (Lipinski definition) is 4. The first-order valence-electron chi connectivity index (χ1n) is 10.0. The zero-order chi connectivity index (χ0) is 20.9. The minimum absolute atomic E-state index is 0.0710. The Balaban J connectivity index is 1.59. The van der Waals surface area contributed by atoms with E-state index in [4.69, 9.17) is 9.47 Å². The molecule has 1 amide bonds. The third kappa shape index (κ3) is 4.63. The molecule has 1 aliphatic rings. The predicted molar refractivity (Wildman–Crippen MR) is 117 cm³/mol. The summed E-state index contributed by atoms with van der Waals surface area (Å²) in [6, 6.07) is 24.5. The number of carbonyl (C=O) groups is 1. The van der Waals surface area contributed by atoms with Crippen LogP contribution < -0.4 is 9.47 Å². The van der Waals surface area contributed by atoms with Gasteiger partial charge in [-0.1, -0.05) is 60.7 Å². The van der Waals surface area contributed by atoms with Crippen LogP contribution in [0, 0.1) is 0 Å². The molecule has 0 N–H and O–H groups in total. The van der Waals surface area contributed by atoms with Crippen LogP contribution in [0.1, 0.15) is 11.1 Å². The fraction of sp³-hybridized carbons (Fsp3) is 0.240. The Labute approximate surface area is 177 Å². The lowest BCUT2D eigenvalue weighted by atomic mass is 10.0. The Hall–Kier alpha value is -3.31. The first-order valence-corrected chi connectivity index (χ1v) is 10.0. The summed E-state index contributed by atoms with van der Waals surface area (Å²) in [6.07, 6.45) is 0. The van der Waals surface area contributed by atoms with Gasteiger partial charge in [0.1, 0.15) is 0 Å². The summed E-state index contributed by atoms with van der Waals surface area (Å²) >= 11 is 0. The minimum Gasteiger partial charge on any atom is -0.454 e. The van der Waals surface area contributed by atoms with Crippen molar-refractivity contribution in [2.45, 2.75) is 13.1 Å². The normalized spacial score (nSPS) is 12.2. The number of benzene rings is 3. The minimum atomic E-state index is 0.0710. The first-order chi connectivity index (χ1) is 14.6. The maximum atomic E-state index is 13.0. The van der Waals surface area contributed by atoms with E-state index in [1.165, 1.54) is 0 Å². The molecule has 0 spiro atoms. The van der Waals surface area contributed by atoms with E-state index in [2.05, 4.69) is 30.3 Å². The Bertz CT molecular complexity index is 1020. The Morgan fingerprint density at radius 3 is 2.43 bits per heavy atom. The molecule has 3 aromatic rings. The van der Waals surface area contributed by atoms with Gasteiger partial charge in [0.2, 0.25) is 12.7 Å². The number of amides is 1. The second-order valence-electron chi connectivity index (χ2n) is 7.70. The summed E-state index contributed by atoms with van der Waals surface area (Å²) in [6.45, 7) is 1.56. The van der Waals surface area contributed by atoms with Crippen LogP contribution in [0.3, 0.4) is 0 Å². The van der Waals surface area contributed by atoms with Crippen LogP contribution in [0.4, 0.5) is 0 Å². The second-order valence-corrected chi connectivity index (χ2v) is 7.70. The SMILES string of the molecule is CN(C)CC(=O)N(Cc1cccc(-c2ccccc2)c1)Cc1cccc2c1OCO2. The number of likely N-dealkylation sites (N-methyl/N-ethyl adjacent to an activating group) is 1. The Kier molecular flexibility index (Phi) is 6.00. The summed E-state index contributed by atoms with van der Waals surface area (Å²) in [5, 5.41) is 0. The molecule has 0 radical (unpaired) electrons. The maximum absolute atomic E-state index is 13.0. The van der Waals surface area contributed by atoms with Crippen LogP contribution in [-0.4, -0.2) is 43.1 Å². The van der Waals surface area contributed by atoms with Gasteiger partial charge in [0.15, 0.2) is 11.5 Å². The van der Waals surface area contributed by atoms with Gasteiger partial charge >= 0.3 is 0 Å². The van der Waals surface area contributed by atoms with Crippen LogP contribution in [0.15, 0.2) is 72.8 Å². The number of para-hydroxylation sites is 1. The fourth-order valence-electron chi connectivity index (χ4n) is 3.62. The second kappa shape index (κ2) is 9.01. The molecule has 0 aromatic heterocycles. The van der Waals surface area contributed by atoms with Crippen molar-refractivity contribution in [2.75, 3.05) is 27.4 Å². The molecule has 0 aliphatic carbocycles. The van der Waals surface area contributed by atoms with Crippen molar-refractivity contribution in [1.29, 1.82) is 0 Å². The van der Waals surface area contributed by atoms with Crippen molar-refractivity contribution in [3.05, 3.63) is 83.9 Å². The van der Waals surface area contributed by atoms with Crippen molar-refractivity contribution >= 4 is 5.91 Å². The smallest absolute Gasteiger partial charge is 0.237 e. The van der Waals surface area contributed by atoms with Gasteiger partial charge in [-0.3, -0.25) is 4.79 Å². The molecule has 0 bridgehead atoms. The highest BCUT2D eigenvalue weighted by atomic mass is 16.7. The van der Waals surface area contributed by atoms with E-state index in [-0.39, 0.29) is 12.7 Å². The predicted octanol–water partition coefficient (Wildman–Crippen LogP) is 4.17. The first kappa shape index (κ1) is 20.0. The molecule has 0 saturated heterocycles. The molecule has 4 rings (SSSR count). The Morgan fingerprint density at radius 1 is 0.867 bits per heavy atom. The van der Waals surface area contributed by atoms with Crippen molar-refractivity contribution in [2.24, 2.45) is 0 Å². The van der Waals surface area contributed by atoms with Crippen molar-refractivity contribution < 1.29 is 14.3 Å². The lowest BCUT2D eigenvalue weighted by Gasteiger charge is -2.25. The number of nitrogens with zero attached hydrogens (tertiary/aromatic N) is 2. The van der Waals surface area contributed by atoms with Gasteiger partial charge in [-0.05, 0) is 42.9 Å². The highest BCUT2D eigenvalue weighted by Crippen LogP contribution is 2.36. The standard InChI is InChI=1S/C25H26N2O3/c1-26(2)17-24(28)27(16-22-12-7-13-23-25(22)30-18-29-23)15-19-8-6-11-21(14-19)20-9-4-3-5-10-20/h3-14H,15-18H2,1-2H3. The molecule has 1 aliphatic heterocycles. The molecule has 3 aromatic carbocycles. The summed E-state index contributed by atoms with van der Waals surface area (Å²) in [5.74, 6) is 1.54. The topological polar surface area (TPSA) is 42.0 Å². The van der Waals surface area contributed by atoms with Gasteiger partial charge in [-0.25, -0.2) is 0 Å². The highest BCUT2D eigenvalue weighted by Gasteiger charge is 2.22. The summed E-state index contributed by atoms with van der Waals surface area (Å²) < 4.78 is 11.1. The quantitative estimate of drug-likeness (QED) is 0.595. The average molecular weight is 402 g/mol. The number of fused-ring (bicyclic) bond motifs is 1. The molecule has 0 fully saturated rings. The molecule has 5 nitrogen and oxygen atoms in total. The van der Waals surface area contributed by atoms with Gasteiger partial charge in [0.25, 0.3) is 0 Å². The van der Waals surface area contributed by atoms with E-state index in [9.17, 15) is 4.79 Å². The third-order valence-corrected chi connectivity index (χ3v) is 5.05. The summed E-state index contributed by atoms with van der Waals surface area (Å²) in [4.78, 5) is 16.8. The van der Waals surface area contributed by atoms with Gasteiger partial charge in [0, 0.05) is 18.7 Å². The van der Waals surface area contributed by atoms with E-state index in [1.54, 1.807) is 0 Å². The fourth-order valence-corrected chi connectivity index (χ4v) is 3.62. The summed E-state index contributed by atoms with van der Waals surface area (Å²) in [7, 11) is 3.81. The van der Waals surface area contributed by atoms with Gasteiger partial charge < -0.3 is 19.3 Å². The van der Waals surface area contributed by atoms with Crippen LogP contribution >= 0.6 is 0 Å². The lowest BCUT2D eigenvalue weighted by Crippen LogP contribution is -2.37. The number of hydrogen-bond donors (Lipinski definition) is 0. The van der Waals surface area contributed by atoms with Crippen molar-refractivity contribution in [3.8, 4) is 22.6 Å². The number of carbonyl (C=O) groups excluding carboxylic acids is 1. The van der Waals surface area contributed by atoms with Crippen LogP contribution in [0.5, 0.6) is 11.5 Å². The molecule has 30 heavy (non-hydrogen) atoms. The number of rotatable bonds is 7. The van der Waals surface area contributed by atoms with Crippen LogP contribution in [0.2, 0.25) is 0 Å². The van der Waals surface area contributed by atoms with Crippen molar-refractivity contribution in [1.82, 2.24) is 9.80 Å². The van der Waals surface area contributed by atoms with E-state index < -0.39 is 0 Å². The molecule has 0 saturated carbocycles. The van der Waals surface area contributed by atoms with Gasteiger partial charge in [-0.2, -0.15) is 0 Å². The molecular formula is C25H26N2O3. The molecular weight excluding hydrogens is 376 g/mol. The maximum Gasteiger partial charge on any atom is 0.237 e. The van der Waals surface area contributed by atoms with E-state index in [1.807, 2.05) is 66.4 Å². The molecule has 0 unspecified atom stereocenters. The van der Waals surface area contributed by atoms with Crippen LogP contribution in [-0.2, 0) is 17.9 Å². The van der Waals surface area contributed by atoms with Crippen molar-refractivity contribution in [3.63, 3.8) is 0 Å². The van der Waals surface area contributed by atoms with Crippen LogP contribution in [0.25, 0.3) is 11.1 Å². The van der Waals surface area contributed by atoms with E-state index >= 15 is 0 Å². The monoisotopic (exact) mass is 402 g/mol. The number of ether oxygens (including phenoxy) is 2. The zero-order valence-corrected chi connectivity index (χ0v) is 17.4. The summed E-state index contributed by atoms with van der Waals surface area (Å²) in [5.41, 5.74) is 4.35. The Morgan fingerprint density at radius 2 is 1.63 bits per heavy atom. The van der Waals surface area contributed by atoms with Gasteiger partial charge in [-0.15, -0.1) is 0 Å². The molecule has 5 heteroatoms. The lowest BCUT2D eigenvalue weighted by molar-refractivity contribution is -0.133. The molecule has 1 heterocycles. The van der Waals surface area contributed by atoms with Gasteiger partial charge in [0.05, 0.1) is 6.54 Å². The molecule has 154 valence electrons. The highest BCUT2D eigenvalue weighted by molar-refractivity contribution is 5.78. The average Bonchev–Trinajstić information content (AvgIpc) is 3.23. The third-order valence-electron chi connectivity index (χ3n) is 5.05. The van der Waals surface area contributed by atoms with E-state index in [0.717, 1.165) is 33.8 Å². The molecule has 0 atom stereocenters.